The summed E-state index contributed by atoms with van der Waals surface area (Å²) in [5.74, 6) is -1.47. The summed E-state index contributed by atoms with van der Waals surface area (Å²) in [6.45, 7) is 2.11. The number of carbonyl (C=O) groups is 3. The molecule has 29 heavy (non-hydrogen) atoms. The van der Waals surface area contributed by atoms with Gasteiger partial charge in [-0.1, -0.05) is 6.07 Å². The van der Waals surface area contributed by atoms with Crippen molar-refractivity contribution in [1.29, 1.82) is 0 Å². The molecule has 0 unspecified atom stereocenters. The molecule has 0 fully saturated rings. The molecule has 2 aromatic carbocycles. The van der Waals surface area contributed by atoms with Gasteiger partial charge < -0.3 is 29.7 Å². The number of rotatable bonds is 5. The Morgan fingerprint density at radius 3 is 2.41 bits per heavy atom. The van der Waals surface area contributed by atoms with Gasteiger partial charge in [0.25, 0.3) is 0 Å². The highest BCUT2D eigenvalue weighted by atomic mass is 16.6. The molecule has 9 heteroatoms. The Morgan fingerprint density at radius 2 is 1.76 bits per heavy atom. The van der Waals surface area contributed by atoms with Crippen molar-refractivity contribution < 1.29 is 38.8 Å². The van der Waals surface area contributed by atoms with E-state index in [1.165, 1.54) is 50.2 Å². The Hall–Kier alpha value is -3.75. The van der Waals surface area contributed by atoms with Crippen molar-refractivity contribution in [3.05, 3.63) is 47.5 Å². The fourth-order valence-corrected chi connectivity index (χ4v) is 2.78. The van der Waals surface area contributed by atoms with Crippen LogP contribution in [-0.4, -0.2) is 40.7 Å². The van der Waals surface area contributed by atoms with E-state index < -0.39 is 30.7 Å². The number of benzene rings is 2. The number of ketones is 1. The van der Waals surface area contributed by atoms with E-state index in [9.17, 15) is 24.6 Å². The molecule has 2 aromatic rings. The summed E-state index contributed by atoms with van der Waals surface area (Å²) < 4.78 is 16.5. The van der Waals surface area contributed by atoms with Crippen molar-refractivity contribution in [3.8, 4) is 23.0 Å². The first-order valence-electron chi connectivity index (χ1n) is 8.67. The molecule has 0 aliphatic carbocycles. The van der Waals surface area contributed by atoms with Gasteiger partial charge in [-0.15, -0.1) is 0 Å². The van der Waals surface area contributed by atoms with Crippen LogP contribution in [0.15, 0.2) is 36.4 Å². The van der Waals surface area contributed by atoms with Gasteiger partial charge in [-0.2, -0.15) is 0 Å². The van der Waals surface area contributed by atoms with Crippen LogP contribution in [0.1, 0.15) is 35.9 Å². The van der Waals surface area contributed by atoms with Gasteiger partial charge in [0.2, 0.25) is 12.1 Å². The normalized spacial score (nSPS) is 17.3. The van der Waals surface area contributed by atoms with Crippen LogP contribution in [0.5, 0.6) is 23.0 Å². The van der Waals surface area contributed by atoms with Gasteiger partial charge in [0.15, 0.2) is 41.5 Å². The van der Waals surface area contributed by atoms with Crippen molar-refractivity contribution in [2.75, 3.05) is 6.61 Å². The smallest absolute Gasteiger partial charge is 0.303 e. The molecular weight excluding hydrogens is 382 g/mol. The number of esters is 1. The van der Waals surface area contributed by atoms with E-state index >= 15 is 0 Å². The zero-order valence-corrected chi connectivity index (χ0v) is 15.7. The van der Waals surface area contributed by atoms with Crippen molar-refractivity contribution in [2.24, 2.45) is 0 Å². The number of carbonyl (C=O) groups excluding carboxylic acids is 3. The van der Waals surface area contributed by atoms with Crippen molar-refractivity contribution >= 4 is 17.7 Å². The van der Waals surface area contributed by atoms with E-state index in [4.69, 9.17) is 14.2 Å². The van der Waals surface area contributed by atoms with Gasteiger partial charge in [0, 0.05) is 25.0 Å². The number of phenols is 2. The molecule has 152 valence electrons. The number of nitrogens with one attached hydrogen (secondary N) is 1. The van der Waals surface area contributed by atoms with E-state index in [0.29, 0.717) is 11.3 Å². The van der Waals surface area contributed by atoms with Crippen LogP contribution in [0.2, 0.25) is 0 Å². The maximum absolute atomic E-state index is 12.2. The second kappa shape index (κ2) is 8.09. The lowest BCUT2D eigenvalue weighted by molar-refractivity contribution is -0.139. The van der Waals surface area contributed by atoms with Crippen LogP contribution in [0.3, 0.4) is 0 Å². The van der Waals surface area contributed by atoms with Crippen LogP contribution in [0.4, 0.5) is 0 Å². The molecule has 1 amide bonds. The predicted molar refractivity (Wildman–Crippen MR) is 98.8 cm³/mol. The van der Waals surface area contributed by atoms with Gasteiger partial charge in [-0.3, -0.25) is 14.4 Å². The maximum atomic E-state index is 12.2. The first kappa shape index (κ1) is 20.0. The monoisotopic (exact) mass is 401 g/mol. The van der Waals surface area contributed by atoms with Crippen LogP contribution in [-0.2, 0) is 14.3 Å². The minimum atomic E-state index is -0.956. The molecule has 0 radical (unpaired) electrons. The van der Waals surface area contributed by atoms with Crippen LogP contribution < -0.4 is 14.8 Å². The van der Waals surface area contributed by atoms with E-state index in [1.54, 1.807) is 0 Å². The molecule has 0 bridgehead atoms. The van der Waals surface area contributed by atoms with Crippen LogP contribution >= 0.6 is 0 Å². The SMILES string of the molecule is CC(=O)N[C@@H]1Oc2cc(C(=O)COC(C)=O)ccc2O[C@H]1c1ccc(O)c(O)c1. The Bertz CT molecular complexity index is 971. The number of phenolic OH excluding ortho intramolecular Hbond substituents is 2. The Labute approximate surface area is 165 Å². The Kier molecular flexibility index (Phi) is 5.58. The molecule has 1 heterocycles. The Morgan fingerprint density at radius 1 is 1.00 bits per heavy atom. The van der Waals surface area contributed by atoms with E-state index in [0.717, 1.165) is 0 Å². The summed E-state index contributed by atoms with van der Waals surface area (Å²) in [6.07, 6.45) is -1.77. The number of hydrogen-bond donors (Lipinski definition) is 3. The third kappa shape index (κ3) is 4.57. The minimum absolute atomic E-state index is 0.219. The largest absolute Gasteiger partial charge is 0.504 e. The third-order valence-corrected chi connectivity index (χ3v) is 4.13. The van der Waals surface area contributed by atoms with Gasteiger partial charge >= 0.3 is 5.97 Å². The summed E-state index contributed by atoms with van der Waals surface area (Å²) in [6, 6.07) is 8.58. The zero-order chi connectivity index (χ0) is 21.1. The molecule has 0 saturated heterocycles. The fourth-order valence-electron chi connectivity index (χ4n) is 2.78. The molecule has 2 atom stereocenters. The minimum Gasteiger partial charge on any atom is -0.504 e. The average molecular weight is 401 g/mol. The summed E-state index contributed by atoms with van der Waals surface area (Å²) in [5.41, 5.74) is 0.704. The zero-order valence-electron chi connectivity index (χ0n) is 15.7. The summed E-state index contributed by atoms with van der Waals surface area (Å²) in [7, 11) is 0. The van der Waals surface area contributed by atoms with Crippen molar-refractivity contribution in [2.45, 2.75) is 26.2 Å². The lowest BCUT2D eigenvalue weighted by atomic mass is 10.0. The maximum Gasteiger partial charge on any atom is 0.303 e. The summed E-state index contributed by atoms with van der Waals surface area (Å²) in [5, 5.41) is 21.9. The highest BCUT2D eigenvalue weighted by Gasteiger charge is 2.34. The average Bonchev–Trinajstić information content (AvgIpc) is 2.66. The Balaban J connectivity index is 1.90. The van der Waals surface area contributed by atoms with Gasteiger partial charge in [-0.25, -0.2) is 0 Å². The second-order valence-electron chi connectivity index (χ2n) is 6.39. The number of ether oxygens (including phenoxy) is 3. The molecule has 1 aliphatic rings. The van der Waals surface area contributed by atoms with Gasteiger partial charge in [0.05, 0.1) is 0 Å². The predicted octanol–water partition coefficient (Wildman–Crippen LogP) is 1.82. The number of hydrogen-bond acceptors (Lipinski definition) is 8. The second-order valence-corrected chi connectivity index (χ2v) is 6.39. The molecule has 0 saturated carbocycles. The topological polar surface area (TPSA) is 131 Å². The van der Waals surface area contributed by atoms with Crippen molar-refractivity contribution in [1.82, 2.24) is 5.32 Å². The number of aromatic hydroxyl groups is 2. The van der Waals surface area contributed by atoms with Crippen molar-refractivity contribution in [3.63, 3.8) is 0 Å². The molecule has 0 aromatic heterocycles. The summed E-state index contributed by atoms with van der Waals surface area (Å²) >= 11 is 0. The third-order valence-electron chi connectivity index (χ3n) is 4.13. The molecule has 9 nitrogen and oxygen atoms in total. The van der Waals surface area contributed by atoms with Crippen LogP contribution in [0.25, 0.3) is 0 Å². The molecule has 0 spiro atoms. The quantitative estimate of drug-likeness (QED) is 0.393. The van der Waals surface area contributed by atoms with E-state index in [1.807, 2.05) is 0 Å². The standard InChI is InChI=1S/C20H19NO8/c1-10(22)21-20-19(13-3-5-14(24)15(25)7-13)28-17-6-4-12(8-18(17)29-20)16(26)9-27-11(2)23/h3-8,19-20,24-25H,9H2,1-2H3,(H,21,22)/t19-,20+/m0/s1. The van der Waals surface area contributed by atoms with Gasteiger partial charge in [0.1, 0.15) is 0 Å². The first-order chi connectivity index (χ1) is 13.7. The summed E-state index contributed by atoms with van der Waals surface area (Å²) in [4.78, 5) is 34.6. The van der Waals surface area contributed by atoms with Crippen LogP contribution in [0, 0.1) is 0 Å². The molecule has 1 aliphatic heterocycles. The first-order valence-corrected chi connectivity index (χ1v) is 8.67. The number of fused-ring (bicyclic) bond motifs is 1. The number of Topliss-reactive ketones (excluding diaryl/α,β-unsaturated/α-hetero) is 1. The van der Waals surface area contributed by atoms with E-state index in [2.05, 4.69) is 5.32 Å². The lowest BCUT2D eigenvalue weighted by Crippen LogP contribution is -2.46. The van der Waals surface area contributed by atoms with Gasteiger partial charge in [-0.05, 0) is 30.3 Å². The fraction of sp³-hybridized carbons (Fsp3) is 0.250. The molecule has 3 N–H and O–H groups in total. The molecule has 3 rings (SSSR count). The molecular formula is C20H19NO8. The highest BCUT2D eigenvalue weighted by molar-refractivity contribution is 5.98. The van der Waals surface area contributed by atoms with E-state index in [-0.39, 0.29) is 28.7 Å². The highest BCUT2D eigenvalue weighted by Crippen LogP contribution is 2.41. The lowest BCUT2D eigenvalue weighted by Gasteiger charge is -2.34. The number of amides is 1.